The molecule has 1 N–H and O–H groups in total. The predicted molar refractivity (Wildman–Crippen MR) is 97.1 cm³/mol. The van der Waals surface area contributed by atoms with Crippen molar-refractivity contribution in [2.75, 3.05) is 39.0 Å². The van der Waals surface area contributed by atoms with Crippen LogP contribution < -0.4 is 5.32 Å². The zero-order valence-electron chi connectivity index (χ0n) is 14.6. The average Bonchev–Trinajstić information content (AvgIpc) is 2.50. The Kier molecular flexibility index (Phi) is 6.45. The molecule has 2 rings (SSSR count). The van der Waals surface area contributed by atoms with E-state index in [0.29, 0.717) is 10.9 Å². The van der Waals surface area contributed by atoms with Crippen LogP contribution in [0.4, 0.5) is 5.69 Å². The number of amides is 1. The van der Waals surface area contributed by atoms with Gasteiger partial charge in [-0.15, -0.1) is 0 Å². The number of rotatable bonds is 5. The van der Waals surface area contributed by atoms with Crippen molar-refractivity contribution in [3.8, 4) is 0 Å². The van der Waals surface area contributed by atoms with Crippen LogP contribution in [0.2, 0.25) is 5.02 Å². The molecule has 0 aliphatic carbocycles. The van der Waals surface area contributed by atoms with Gasteiger partial charge in [-0.3, -0.25) is 9.69 Å². The molecule has 1 aromatic rings. The number of halogens is 1. The van der Waals surface area contributed by atoms with E-state index < -0.39 is 0 Å². The fraction of sp³-hybridized carbons (Fsp3) is 0.611. The Balaban J connectivity index is 1.91. The fourth-order valence-electron chi connectivity index (χ4n) is 3.15. The molecule has 1 amide bonds. The summed E-state index contributed by atoms with van der Waals surface area (Å²) in [7, 11) is 4.20. The van der Waals surface area contributed by atoms with Gasteiger partial charge in [0.15, 0.2) is 0 Å². The number of carbonyl (C=O) groups excluding carboxylic acids is 1. The second-order valence-corrected chi connectivity index (χ2v) is 7.27. The molecule has 0 radical (unpaired) electrons. The van der Waals surface area contributed by atoms with Gasteiger partial charge in [-0.25, -0.2) is 0 Å². The minimum absolute atomic E-state index is 0.0158. The topological polar surface area (TPSA) is 35.6 Å². The van der Waals surface area contributed by atoms with Crippen LogP contribution in [0.3, 0.4) is 0 Å². The van der Waals surface area contributed by atoms with Crippen LogP contribution in [0.25, 0.3) is 0 Å². The van der Waals surface area contributed by atoms with Gasteiger partial charge < -0.3 is 10.2 Å². The van der Waals surface area contributed by atoms with Gasteiger partial charge in [0.25, 0.3) is 0 Å². The quantitative estimate of drug-likeness (QED) is 0.895. The number of hydrogen-bond donors (Lipinski definition) is 1. The first-order chi connectivity index (χ1) is 10.9. The summed E-state index contributed by atoms with van der Waals surface area (Å²) >= 11 is 6.02. The number of benzene rings is 1. The zero-order chi connectivity index (χ0) is 17.0. The molecular weight excluding hydrogens is 310 g/mol. The smallest absolute Gasteiger partial charge is 0.241 e. The standard InChI is InChI=1S/C18H28ClN3O/c1-13-7-8-16(19)10-17(13)20-18(23)14(2)22(4)12-15-6-5-9-21(3)11-15/h7-8,10,14-15H,5-6,9,11-12H2,1-4H3,(H,20,23)/t14-,15+/m1/s1. The number of carbonyl (C=O) groups is 1. The lowest BCUT2D eigenvalue weighted by atomic mass is 9.97. The highest BCUT2D eigenvalue weighted by Gasteiger charge is 2.24. The summed E-state index contributed by atoms with van der Waals surface area (Å²) < 4.78 is 0. The average molecular weight is 338 g/mol. The number of aryl methyl sites for hydroxylation is 1. The Labute approximate surface area is 144 Å². The minimum atomic E-state index is -0.166. The second kappa shape index (κ2) is 8.13. The third-order valence-corrected chi connectivity index (χ3v) is 5.00. The van der Waals surface area contributed by atoms with Gasteiger partial charge in [0.05, 0.1) is 6.04 Å². The number of piperidine rings is 1. The van der Waals surface area contributed by atoms with E-state index in [4.69, 9.17) is 11.6 Å². The summed E-state index contributed by atoms with van der Waals surface area (Å²) in [5.41, 5.74) is 1.81. The second-order valence-electron chi connectivity index (χ2n) is 6.83. The normalized spacial score (nSPS) is 20.5. The number of likely N-dealkylation sites (N-methyl/N-ethyl adjacent to an activating group) is 1. The molecule has 0 unspecified atom stereocenters. The highest BCUT2D eigenvalue weighted by molar-refractivity contribution is 6.31. The van der Waals surface area contributed by atoms with E-state index in [9.17, 15) is 4.79 Å². The van der Waals surface area contributed by atoms with Crippen molar-refractivity contribution in [2.45, 2.75) is 32.7 Å². The summed E-state index contributed by atoms with van der Waals surface area (Å²) in [5, 5.41) is 3.64. The van der Waals surface area contributed by atoms with Crippen molar-refractivity contribution in [1.82, 2.24) is 9.80 Å². The van der Waals surface area contributed by atoms with Gasteiger partial charge in [0.2, 0.25) is 5.91 Å². The van der Waals surface area contributed by atoms with Crippen molar-refractivity contribution in [1.29, 1.82) is 0 Å². The molecule has 128 valence electrons. The van der Waals surface area contributed by atoms with Gasteiger partial charge in [0.1, 0.15) is 0 Å². The van der Waals surface area contributed by atoms with Crippen LogP contribution >= 0.6 is 11.6 Å². The van der Waals surface area contributed by atoms with E-state index in [1.54, 1.807) is 6.07 Å². The summed E-state index contributed by atoms with van der Waals surface area (Å²) in [5.74, 6) is 0.656. The van der Waals surface area contributed by atoms with Gasteiger partial charge in [0, 0.05) is 23.8 Å². The van der Waals surface area contributed by atoms with Crippen LogP contribution in [0, 0.1) is 12.8 Å². The first-order valence-electron chi connectivity index (χ1n) is 8.32. The molecule has 1 aliphatic rings. The molecule has 1 saturated heterocycles. The molecule has 2 atom stereocenters. The minimum Gasteiger partial charge on any atom is -0.324 e. The van der Waals surface area contributed by atoms with Gasteiger partial charge in [-0.05, 0) is 70.9 Å². The maximum atomic E-state index is 12.5. The zero-order valence-corrected chi connectivity index (χ0v) is 15.4. The first kappa shape index (κ1) is 18.2. The summed E-state index contributed by atoms with van der Waals surface area (Å²) in [6.07, 6.45) is 2.49. The molecular formula is C18H28ClN3O. The van der Waals surface area contributed by atoms with E-state index in [1.165, 1.54) is 19.4 Å². The summed E-state index contributed by atoms with van der Waals surface area (Å²) in [6, 6.07) is 5.39. The van der Waals surface area contributed by atoms with E-state index in [-0.39, 0.29) is 11.9 Å². The van der Waals surface area contributed by atoms with Crippen molar-refractivity contribution in [3.05, 3.63) is 28.8 Å². The Bertz CT molecular complexity index is 549. The lowest BCUT2D eigenvalue weighted by Crippen LogP contribution is -2.45. The molecule has 0 saturated carbocycles. The lowest BCUT2D eigenvalue weighted by Gasteiger charge is -2.34. The largest absolute Gasteiger partial charge is 0.324 e. The van der Waals surface area contributed by atoms with Gasteiger partial charge in [-0.1, -0.05) is 17.7 Å². The monoisotopic (exact) mass is 337 g/mol. The molecule has 0 aromatic heterocycles. The van der Waals surface area contributed by atoms with Crippen LogP contribution in [0.1, 0.15) is 25.3 Å². The molecule has 0 spiro atoms. The molecule has 1 aliphatic heterocycles. The summed E-state index contributed by atoms with van der Waals surface area (Å²) in [4.78, 5) is 17.0. The fourth-order valence-corrected chi connectivity index (χ4v) is 3.33. The van der Waals surface area contributed by atoms with Crippen LogP contribution in [-0.2, 0) is 4.79 Å². The van der Waals surface area contributed by atoms with Crippen molar-refractivity contribution in [2.24, 2.45) is 5.92 Å². The Hall–Kier alpha value is -1.10. The predicted octanol–water partition coefficient (Wildman–Crippen LogP) is 3.25. The molecule has 4 nitrogen and oxygen atoms in total. The van der Waals surface area contributed by atoms with Crippen LogP contribution in [0.5, 0.6) is 0 Å². The molecule has 1 fully saturated rings. The molecule has 0 bridgehead atoms. The third kappa shape index (κ3) is 5.20. The molecule has 5 heteroatoms. The lowest BCUT2D eigenvalue weighted by molar-refractivity contribution is -0.120. The van der Waals surface area contributed by atoms with E-state index in [1.807, 2.05) is 33.0 Å². The number of likely N-dealkylation sites (tertiary alicyclic amines) is 1. The number of anilines is 1. The van der Waals surface area contributed by atoms with Gasteiger partial charge in [-0.2, -0.15) is 0 Å². The highest BCUT2D eigenvalue weighted by Crippen LogP contribution is 2.21. The first-order valence-corrected chi connectivity index (χ1v) is 8.70. The molecule has 1 heterocycles. The third-order valence-electron chi connectivity index (χ3n) is 4.77. The number of nitrogens with one attached hydrogen (secondary N) is 1. The maximum absolute atomic E-state index is 12.5. The maximum Gasteiger partial charge on any atom is 0.241 e. The van der Waals surface area contributed by atoms with Crippen molar-refractivity contribution >= 4 is 23.2 Å². The molecule has 23 heavy (non-hydrogen) atoms. The SMILES string of the molecule is Cc1ccc(Cl)cc1NC(=O)[C@@H](C)N(C)C[C@H]1CCCN(C)C1. The number of nitrogens with zero attached hydrogens (tertiary/aromatic N) is 2. The van der Waals surface area contributed by atoms with Crippen molar-refractivity contribution in [3.63, 3.8) is 0 Å². The van der Waals surface area contributed by atoms with Crippen LogP contribution in [-0.4, -0.2) is 55.5 Å². The van der Waals surface area contributed by atoms with Crippen molar-refractivity contribution < 1.29 is 4.79 Å². The van der Waals surface area contributed by atoms with Crippen LogP contribution in [0.15, 0.2) is 18.2 Å². The highest BCUT2D eigenvalue weighted by atomic mass is 35.5. The van der Waals surface area contributed by atoms with E-state index in [0.717, 1.165) is 24.3 Å². The summed E-state index contributed by atoms with van der Waals surface area (Å²) in [6.45, 7) is 7.18. The Morgan fingerprint density at radius 3 is 2.96 bits per heavy atom. The van der Waals surface area contributed by atoms with E-state index in [2.05, 4.69) is 22.2 Å². The van der Waals surface area contributed by atoms with Gasteiger partial charge >= 0.3 is 0 Å². The Morgan fingerprint density at radius 1 is 1.52 bits per heavy atom. The van der Waals surface area contributed by atoms with E-state index >= 15 is 0 Å². The molecule has 1 aromatic carbocycles. The number of hydrogen-bond acceptors (Lipinski definition) is 3. The Morgan fingerprint density at radius 2 is 2.26 bits per heavy atom.